The van der Waals surface area contributed by atoms with Crippen molar-refractivity contribution in [2.75, 3.05) is 14.1 Å². The predicted molar refractivity (Wildman–Crippen MR) is 90.6 cm³/mol. The summed E-state index contributed by atoms with van der Waals surface area (Å²) < 4.78 is 0.984. The van der Waals surface area contributed by atoms with Gasteiger partial charge in [0, 0.05) is 18.6 Å². The van der Waals surface area contributed by atoms with Crippen LogP contribution in [0.5, 0.6) is 0 Å². The van der Waals surface area contributed by atoms with E-state index in [0.29, 0.717) is 5.96 Å². The van der Waals surface area contributed by atoms with Crippen LogP contribution in [-0.4, -0.2) is 41.2 Å². The standard InChI is InChI=1S/C17H18BrN3O/c1-20-15(22)17(21(2)16(20)19,12-6-4-3-5-7-12)13-8-10-14(18)11-9-13/h3-11,15,19,22H,1-2H3. The van der Waals surface area contributed by atoms with E-state index < -0.39 is 11.8 Å². The van der Waals surface area contributed by atoms with Gasteiger partial charge in [0.1, 0.15) is 5.54 Å². The van der Waals surface area contributed by atoms with Crippen molar-refractivity contribution in [1.82, 2.24) is 9.80 Å². The highest BCUT2D eigenvalue weighted by Crippen LogP contribution is 2.44. The molecule has 2 N–H and O–H groups in total. The topological polar surface area (TPSA) is 50.6 Å². The first-order chi connectivity index (χ1) is 10.5. The van der Waals surface area contributed by atoms with Gasteiger partial charge >= 0.3 is 0 Å². The van der Waals surface area contributed by atoms with E-state index in [1.165, 1.54) is 0 Å². The first kappa shape index (κ1) is 15.1. The summed E-state index contributed by atoms with van der Waals surface area (Å²) in [5.74, 6) is 0.291. The van der Waals surface area contributed by atoms with Crippen molar-refractivity contribution in [3.63, 3.8) is 0 Å². The van der Waals surface area contributed by atoms with Crippen LogP contribution in [0.25, 0.3) is 0 Å². The van der Waals surface area contributed by atoms with Gasteiger partial charge in [0.05, 0.1) is 0 Å². The van der Waals surface area contributed by atoms with Gasteiger partial charge in [-0.05, 0) is 23.3 Å². The molecule has 2 atom stereocenters. The number of nitrogens with zero attached hydrogens (tertiary/aromatic N) is 2. The molecular weight excluding hydrogens is 342 g/mol. The van der Waals surface area contributed by atoms with E-state index >= 15 is 0 Å². The molecule has 114 valence electrons. The molecule has 1 heterocycles. The summed E-state index contributed by atoms with van der Waals surface area (Å²) in [6.45, 7) is 0. The van der Waals surface area contributed by atoms with Gasteiger partial charge in [-0.1, -0.05) is 58.4 Å². The Morgan fingerprint density at radius 3 is 2.05 bits per heavy atom. The highest BCUT2D eigenvalue weighted by atomic mass is 79.9. The minimum absolute atomic E-state index is 0.291. The van der Waals surface area contributed by atoms with Crippen LogP contribution in [0.1, 0.15) is 11.1 Å². The maximum absolute atomic E-state index is 11.0. The molecule has 1 fully saturated rings. The SMILES string of the molecule is CN1C(=N)N(C)C(c2ccccc2)(c2ccc(Br)cc2)C1O. The van der Waals surface area contributed by atoms with Gasteiger partial charge in [0.15, 0.2) is 12.2 Å². The molecular formula is C17H18BrN3O. The third kappa shape index (κ3) is 1.96. The number of aliphatic hydroxyl groups is 1. The van der Waals surface area contributed by atoms with Crippen LogP contribution < -0.4 is 0 Å². The van der Waals surface area contributed by atoms with E-state index in [1.807, 2.05) is 66.5 Å². The second kappa shape index (κ2) is 5.41. The molecule has 3 rings (SSSR count). The molecule has 0 saturated carbocycles. The maximum atomic E-state index is 11.0. The number of halogens is 1. The highest BCUT2D eigenvalue weighted by molar-refractivity contribution is 9.10. The lowest BCUT2D eigenvalue weighted by molar-refractivity contribution is 0.00909. The number of rotatable bonds is 2. The first-order valence-electron chi connectivity index (χ1n) is 7.04. The summed E-state index contributed by atoms with van der Waals surface area (Å²) >= 11 is 3.45. The van der Waals surface area contributed by atoms with Gasteiger partial charge in [-0.3, -0.25) is 5.41 Å². The van der Waals surface area contributed by atoms with Crippen LogP contribution in [-0.2, 0) is 5.54 Å². The molecule has 2 aromatic rings. The summed E-state index contributed by atoms with van der Waals surface area (Å²) in [5, 5.41) is 19.2. The molecule has 1 saturated heterocycles. The van der Waals surface area contributed by atoms with Crippen molar-refractivity contribution in [3.05, 3.63) is 70.2 Å². The van der Waals surface area contributed by atoms with Crippen molar-refractivity contribution >= 4 is 21.9 Å². The second-order valence-corrected chi connectivity index (χ2v) is 6.42. The summed E-state index contributed by atoms with van der Waals surface area (Å²) in [6.07, 6.45) is -0.839. The van der Waals surface area contributed by atoms with Gasteiger partial charge in [-0.25, -0.2) is 0 Å². The Kier molecular flexibility index (Phi) is 3.70. The zero-order valence-electron chi connectivity index (χ0n) is 12.5. The molecule has 1 aliphatic rings. The average Bonchev–Trinajstić information content (AvgIpc) is 2.71. The van der Waals surface area contributed by atoms with Crippen LogP contribution in [0.2, 0.25) is 0 Å². The quantitative estimate of drug-likeness (QED) is 0.866. The van der Waals surface area contributed by atoms with Crippen LogP contribution in [0.3, 0.4) is 0 Å². The average molecular weight is 360 g/mol. The molecule has 5 heteroatoms. The lowest BCUT2D eigenvalue weighted by atomic mass is 9.81. The van der Waals surface area contributed by atoms with Gasteiger partial charge in [0.25, 0.3) is 0 Å². The van der Waals surface area contributed by atoms with Crippen LogP contribution in [0, 0.1) is 5.41 Å². The number of aliphatic hydroxyl groups excluding tert-OH is 1. The van der Waals surface area contributed by atoms with E-state index in [1.54, 1.807) is 11.9 Å². The molecule has 0 spiro atoms. The Bertz CT molecular complexity index is 689. The number of hydrogen-bond acceptors (Lipinski definition) is 2. The summed E-state index contributed by atoms with van der Waals surface area (Å²) in [5.41, 5.74) is 1.11. The van der Waals surface area contributed by atoms with E-state index in [-0.39, 0.29) is 0 Å². The fraction of sp³-hybridized carbons (Fsp3) is 0.235. The molecule has 2 unspecified atom stereocenters. The van der Waals surface area contributed by atoms with E-state index in [2.05, 4.69) is 15.9 Å². The molecule has 0 amide bonds. The van der Waals surface area contributed by atoms with E-state index in [9.17, 15) is 5.11 Å². The minimum Gasteiger partial charge on any atom is -0.370 e. The van der Waals surface area contributed by atoms with Crippen molar-refractivity contribution in [3.8, 4) is 0 Å². The lowest BCUT2D eigenvalue weighted by Crippen LogP contribution is -2.48. The van der Waals surface area contributed by atoms with Crippen LogP contribution in [0.4, 0.5) is 0 Å². The van der Waals surface area contributed by atoms with Crippen LogP contribution >= 0.6 is 15.9 Å². The Morgan fingerprint density at radius 1 is 1.00 bits per heavy atom. The van der Waals surface area contributed by atoms with Crippen molar-refractivity contribution in [2.45, 2.75) is 11.8 Å². The number of benzene rings is 2. The molecule has 0 aromatic heterocycles. The number of likely N-dealkylation sites (N-methyl/N-ethyl adjacent to an activating group) is 2. The summed E-state index contributed by atoms with van der Waals surface area (Å²) in [7, 11) is 3.59. The molecule has 1 aliphatic heterocycles. The summed E-state index contributed by atoms with van der Waals surface area (Å²) in [4.78, 5) is 3.42. The zero-order chi connectivity index (χ0) is 15.9. The fourth-order valence-corrected chi connectivity index (χ4v) is 3.49. The summed E-state index contributed by atoms with van der Waals surface area (Å²) in [6, 6.07) is 17.8. The predicted octanol–water partition coefficient (Wildman–Crippen LogP) is 2.82. The molecule has 0 aliphatic carbocycles. The Labute approximate surface area is 138 Å². The van der Waals surface area contributed by atoms with E-state index in [4.69, 9.17) is 5.41 Å². The van der Waals surface area contributed by atoms with Gasteiger partial charge in [-0.15, -0.1) is 0 Å². The molecule has 22 heavy (non-hydrogen) atoms. The van der Waals surface area contributed by atoms with Crippen molar-refractivity contribution in [1.29, 1.82) is 5.41 Å². The van der Waals surface area contributed by atoms with Crippen LogP contribution in [0.15, 0.2) is 59.1 Å². The number of hydrogen-bond donors (Lipinski definition) is 2. The lowest BCUT2D eigenvalue weighted by Gasteiger charge is -2.39. The van der Waals surface area contributed by atoms with Crippen molar-refractivity contribution < 1.29 is 5.11 Å². The van der Waals surface area contributed by atoms with Gasteiger partial charge in [-0.2, -0.15) is 0 Å². The molecule has 4 nitrogen and oxygen atoms in total. The second-order valence-electron chi connectivity index (χ2n) is 5.51. The third-order valence-electron chi connectivity index (χ3n) is 4.42. The maximum Gasteiger partial charge on any atom is 0.196 e. The Hall–Kier alpha value is -1.85. The Morgan fingerprint density at radius 2 is 1.55 bits per heavy atom. The zero-order valence-corrected chi connectivity index (χ0v) is 14.1. The monoisotopic (exact) mass is 359 g/mol. The van der Waals surface area contributed by atoms with Crippen molar-refractivity contribution in [2.24, 2.45) is 0 Å². The minimum atomic E-state index is -0.839. The Balaban J connectivity index is 2.28. The normalized spacial score (nSPS) is 24.9. The van der Waals surface area contributed by atoms with E-state index in [0.717, 1.165) is 15.6 Å². The number of nitrogens with one attached hydrogen (secondary N) is 1. The van der Waals surface area contributed by atoms with Gasteiger partial charge < -0.3 is 14.9 Å². The molecule has 0 radical (unpaired) electrons. The molecule has 0 bridgehead atoms. The smallest absolute Gasteiger partial charge is 0.196 e. The first-order valence-corrected chi connectivity index (χ1v) is 7.83. The fourth-order valence-electron chi connectivity index (χ4n) is 3.22. The van der Waals surface area contributed by atoms with Gasteiger partial charge in [0.2, 0.25) is 0 Å². The number of guanidine groups is 1. The largest absolute Gasteiger partial charge is 0.370 e. The highest BCUT2D eigenvalue weighted by Gasteiger charge is 2.54. The molecule has 2 aromatic carbocycles. The third-order valence-corrected chi connectivity index (χ3v) is 4.95.